The lowest BCUT2D eigenvalue weighted by atomic mass is 9.47. The summed E-state index contributed by atoms with van der Waals surface area (Å²) in [7, 11) is 3.06. The van der Waals surface area contributed by atoms with Crippen LogP contribution in [-0.2, 0) is 23.8 Å². The number of hydrogen-bond donors (Lipinski definition) is 0. The summed E-state index contributed by atoms with van der Waals surface area (Å²) in [5, 5.41) is 1.06. The number of hydroxylamine groups is 2. The van der Waals surface area contributed by atoms with Crippen molar-refractivity contribution in [2.75, 3.05) is 31.3 Å². The number of fused-ring (bicyclic) bond motifs is 5. The molecule has 0 bridgehead atoms. The highest BCUT2D eigenvalue weighted by molar-refractivity contribution is 8.76. The third-order valence-electron chi connectivity index (χ3n) is 12.6. The quantitative estimate of drug-likeness (QED) is 0.0763. The number of rotatable bonds is 14. The van der Waals surface area contributed by atoms with E-state index in [0.717, 1.165) is 59.8 Å². The van der Waals surface area contributed by atoms with E-state index in [1.807, 2.05) is 0 Å². The smallest absolute Gasteiger partial charge is 0.433 e. The molecule has 0 N–H and O–H groups in total. The molecular formula is C37H59NO7S2. The normalized spacial score (nSPS) is 33.8. The zero-order valence-electron chi connectivity index (χ0n) is 29.5. The summed E-state index contributed by atoms with van der Waals surface area (Å²) >= 11 is 0. The van der Waals surface area contributed by atoms with Gasteiger partial charge in [-0.05, 0) is 97.7 Å². The Hall–Kier alpha value is -1.55. The third kappa shape index (κ3) is 8.79. The van der Waals surface area contributed by atoms with Gasteiger partial charge in [-0.1, -0.05) is 87.1 Å². The van der Waals surface area contributed by atoms with Crippen LogP contribution in [0, 0.1) is 46.3 Å². The van der Waals surface area contributed by atoms with Crippen molar-refractivity contribution >= 4 is 39.8 Å². The SMILES string of the molecule is CC(C)CCCC(C)C1CCC2C3CC=C4CC(OC(=O)OCCSSCCOC(=O)ON5CCCC5=O)CCC4(C)C3CCC12C. The van der Waals surface area contributed by atoms with Gasteiger partial charge in [0.25, 0.3) is 5.91 Å². The topological polar surface area (TPSA) is 91.4 Å². The second-order valence-electron chi connectivity index (χ2n) is 15.8. The van der Waals surface area contributed by atoms with Crippen molar-refractivity contribution in [3.05, 3.63) is 11.6 Å². The summed E-state index contributed by atoms with van der Waals surface area (Å²) < 4.78 is 16.2. The Balaban J connectivity index is 0.992. The molecule has 1 saturated heterocycles. The minimum Gasteiger partial charge on any atom is -0.433 e. The summed E-state index contributed by atoms with van der Waals surface area (Å²) in [5.74, 6) is 5.91. The Morgan fingerprint density at radius 2 is 1.70 bits per heavy atom. The van der Waals surface area contributed by atoms with Crippen molar-refractivity contribution < 1.29 is 33.4 Å². The van der Waals surface area contributed by atoms with Gasteiger partial charge in [0, 0.05) is 24.3 Å². The zero-order valence-corrected chi connectivity index (χ0v) is 31.1. The van der Waals surface area contributed by atoms with Gasteiger partial charge in [0.2, 0.25) is 0 Å². The van der Waals surface area contributed by atoms with Gasteiger partial charge in [0.05, 0.1) is 6.54 Å². The first-order chi connectivity index (χ1) is 22.5. The molecule has 1 aliphatic heterocycles. The van der Waals surface area contributed by atoms with Crippen LogP contribution in [0.4, 0.5) is 9.59 Å². The van der Waals surface area contributed by atoms with Gasteiger partial charge >= 0.3 is 12.3 Å². The Bertz CT molecular complexity index is 1130. The lowest BCUT2D eigenvalue weighted by Crippen LogP contribution is -2.51. The largest absolute Gasteiger partial charge is 0.533 e. The van der Waals surface area contributed by atoms with E-state index in [1.54, 1.807) is 10.8 Å². The standard InChI is InChI=1S/C37H59NO7S2/c1-25(2)8-6-9-26(3)30-13-14-31-29-12-11-27-24-28(15-17-36(27,4)32(29)16-18-37(30,31)5)44-34(40)42-20-22-46-47-23-21-43-35(41)45-38-19-7-10-33(38)39/h11,25-26,28-32H,6-10,12-24H2,1-5H3. The number of nitrogens with zero attached hydrogens (tertiary/aromatic N) is 1. The fourth-order valence-corrected chi connectivity index (χ4v) is 11.8. The average molecular weight is 694 g/mol. The van der Waals surface area contributed by atoms with Crippen LogP contribution in [-0.4, -0.2) is 60.6 Å². The molecule has 8 atom stereocenters. The highest BCUT2D eigenvalue weighted by Crippen LogP contribution is 2.67. The first-order valence-electron chi connectivity index (χ1n) is 18.4. The molecule has 47 heavy (non-hydrogen) atoms. The van der Waals surface area contributed by atoms with Crippen LogP contribution in [0.15, 0.2) is 11.6 Å². The molecule has 5 aliphatic rings. The molecule has 0 spiro atoms. The van der Waals surface area contributed by atoms with Gasteiger partial charge in [-0.25, -0.2) is 9.59 Å². The van der Waals surface area contributed by atoms with E-state index in [0.29, 0.717) is 36.3 Å². The molecule has 8 nitrogen and oxygen atoms in total. The summed E-state index contributed by atoms with van der Waals surface area (Å²) in [6.07, 6.45) is 15.8. The Kier molecular flexibility index (Phi) is 12.8. The summed E-state index contributed by atoms with van der Waals surface area (Å²) in [6.45, 7) is 13.3. The lowest BCUT2D eigenvalue weighted by molar-refractivity contribution is -0.164. The number of carbonyl (C=O) groups is 3. The van der Waals surface area contributed by atoms with Crippen molar-refractivity contribution in [3.8, 4) is 0 Å². The summed E-state index contributed by atoms with van der Waals surface area (Å²) in [6, 6.07) is 0. The molecule has 0 aromatic carbocycles. The van der Waals surface area contributed by atoms with E-state index in [-0.39, 0.29) is 30.6 Å². The second-order valence-corrected chi connectivity index (χ2v) is 18.5. The van der Waals surface area contributed by atoms with E-state index < -0.39 is 12.3 Å². The Morgan fingerprint density at radius 1 is 0.957 bits per heavy atom. The van der Waals surface area contributed by atoms with Crippen LogP contribution in [0.1, 0.15) is 118 Å². The lowest BCUT2D eigenvalue weighted by Gasteiger charge is -2.58. The molecule has 8 unspecified atom stereocenters. The molecule has 0 aromatic rings. The predicted molar refractivity (Wildman–Crippen MR) is 188 cm³/mol. The van der Waals surface area contributed by atoms with Gasteiger partial charge in [-0.15, -0.1) is 0 Å². The maximum Gasteiger partial charge on any atom is 0.533 e. The monoisotopic (exact) mass is 693 g/mol. The minimum absolute atomic E-state index is 0.107. The van der Waals surface area contributed by atoms with Crippen LogP contribution < -0.4 is 0 Å². The van der Waals surface area contributed by atoms with Crippen LogP contribution >= 0.6 is 21.6 Å². The molecule has 3 saturated carbocycles. The number of hydrogen-bond acceptors (Lipinski definition) is 9. The first-order valence-corrected chi connectivity index (χ1v) is 20.9. The molecule has 10 heteroatoms. The van der Waals surface area contributed by atoms with E-state index in [2.05, 4.69) is 40.7 Å². The summed E-state index contributed by atoms with van der Waals surface area (Å²) in [4.78, 5) is 40.6. The Morgan fingerprint density at radius 3 is 2.40 bits per heavy atom. The summed E-state index contributed by atoms with van der Waals surface area (Å²) in [5.41, 5.74) is 2.25. The van der Waals surface area contributed by atoms with Gasteiger partial charge in [0.1, 0.15) is 19.3 Å². The second kappa shape index (κ2) is 16.4. The number of carbonyl (C=O) groups excluding carboxylic acids is 3. The molecule has 4 aliphatic carbocycles. The van der Waals surface area contributed by atoms with Gasteiger partial charge in [-0.2, -0.15) is 5.06 Å². The van der Waals surface area contributed by atoms with Crippen LogP contribution in [0.5, 0.6) is 0 Å². The number of ether oxygens (including phenoxy) is 3. The van der Waals surface area contributed by atoms with E-state index in [4.69, 9.17) is 19.0 Å². The predicted octanol–water partition coefficient (Wildman–Crippen LogP) is 9.62. The fourth-order valence-electron chi connectivity index (χ4n) is 10.2. The minimum atomic E-state index is -0.856. The maximum atomic E-state index is 12.5. The van der Waals surface area contributed by atoms with Crippen molar-refractivity contribution in [3.63, 3.8) is 0 Å². The maximum absolute atomic E-state index is 12.5. The van der Waals surface area contributed by atoms with Crippen LogP contribution in [0.25, 0.3) is 0 Å². The van der Waals surface area contributed by atoms with Crippen molar-refractivity contribution in [1.82, 2.24) is 5.06 Å². The molecule has 1 amide bonds. The average Bonchev–Trinajstić information content (AvgIpc) is 3.60. The first kappa shape index (κ1) is 36.7. The Labute approximate surface area is 290 Å². The molecule has 1 heterocycles. The van der Waals surface area contributed by atoms with Crippen LogP contribution in [0.3, 0.4) is 0 Å². The molecule has 266 valence electrons. The van der Waals surface area contributed by atoms with E-state index in [9.17, 15) is 14.4 Å². The third-order valence-corrected chi connectivity index (χ3v) is 14.9. The van der Waals surface area contributed by atoms with Crippen molar-refractivity contribution in [2.24, 2.45) is 46.3 Å². The van der Waals surface area contributed by atoms with Gasteiger partial charge in [-0.3, -0.25) is 4.79 Å². The highest BCUT2D eigenvalue weighted by atomic mass is 33.1. The van der Waals surface area contributed by atoms with Crippen LogP contribution in [0.2, 0.25) is 0 Å². The van der Waals surface area contributed by atoms with Crippen molar-refractivity contribution in [2.45, 2.75) is 124 Å². The van der Waals surface area contributed by atoms with E-state index >= 15 is 0 Å². The molecule has 5 rings (SSSR count). The fraction of sp³-hybridized carbons (Fsp3) is 0.865. The number of allylic oxidation sites excluding steroid dienone is 1. The molecule has 0 aromatic heterocycles. The molecule has 0 radical (unpaired) electrons. The van der Waals surface area contributed by atoms with Gasteiger partial charge < -0.3 is 19.0 Å². The van der Waals surface area contributed by atoms with Crippen molar-refractivity contribution in [1.29, 1.82) is 0 Å². The highest BCUT2D eigenvalue weighted by Gasteiger charge is 2.59. The van der Waals surface area contributed by atoms with Gasteiger partial charge in [0.15, 0.2) is 0 Å². The molecular weight excluding hydrogens is 635 g/mol. The zero-order chi connectivity index (χ0) is 33.6. The molecule has 4 fully saturated rings. The van der Waals surface area contributed by atoms with E-state index in [1.165, 1.54) is 67.7 Å². The number of amides is 1.